The Morgan fingerprint density at radius 2 is 1.85 bits per heavy atom. The Hall–Kier alpha value is -4.21. The average Bonchev–Trinajstić information content (AvgIpc) is 3.23. The van der Waals surface area contributed by atoms with Crippen molar-refractivity contribution in [2.24, 2.45) is 22.7 Å². The predicted octanol–water partition coefficient (Wildman–Crippen LogP) is 1.92. The van der Waals surface area contributed by atoms with Crippen LogP contribution in [0.1, 0.15) is 55.5 Å². The fourth-order valence-corrected chi connectivity index (χ4v) is 8.36. The number of Topliss-reactive ketones (excluding diaryl/α,β-unsaturated/α-hetero) is 1. The molecule has 1 amide bonds. The van der Waals surface area contributed by atoms with Crippen molar-refractivity contribution < 1.29 is 58.3 Å². The van der Waals surface area contributed by atoms with E-state index in [2.05, 4.69) is 10.2 Å². The third-order valence-corrected chi connectivity index (χ3v) is 10.8. The molecule has 1 aromatic rings. The highest BCUT2D eigenvalue weighted by Gasteiger charge is 2.76. The molecule has 4 N–H and O–H groups in total. The van der Waals surface area contributed by atoms with Gasteiger partial charge in [0.05, 0.1) is 24.3 Å². The molecule has 8 atom stereocenters. The van der Waals surface area contributed by atoms with Crippen LogP contribution in [0.25, 0.3) is 0 Å². The molecule has 4 aliphatic rings. The lowest BCUT2D eigenvalue weighted by Crippen LogP contribution is -2.69. The Balaban J connectivity index is 1.18. The molecule has 254 valence electrons. The monoisotopic (exact) mass is 660 g/mol. The summed E-state index contributed by atoms with van der Waals surface area (Å²) in [5.74, 6) is -3.68. The molecule has 0 aromatic heterocycles. The fraction of sp³-hybridized carbons (Fsp3) is 0.562. The van der Waals surface area contributed by atoms with E-state index in [-0.39, 0.29) is 49.3 Å². The van der Waals surface area contributed by atoms with Gasteiger partial charge in [0.1, 0.15) is 13.2 Å². The number of halogens is 1. The first-order valence-corrected chi connectivity index (χ1v) is 15.3. The zero-order valence-electron chi connectivity index (χ0n) is 25.8. The predicted molar refractivity (Wildman–Crippen MR) is 158 cm³/mol. The molecule has 0 unspecified atom stereocenters. The first-order valence-electron chi connectivity index (χ1n) is 15.3. The summed E-state index contributed by atoms with van der Waals surface area (Å²) in [7, 11) is 0. The van der Waals surface area contributed by atoms with E-state index in [0.717, 1.165) is 0 Å². The third-order valence-electron chi connectivity index (χ3n) is 10.8. The number of carbonyl (C=O) groups excluding carboxylic acids is 4. The molecule has 0 spiro atoms. The molecule has 4 aliphatic carbocycles. The smallest absolute Gasteiger partial charge is 0.407 e. The molecule has 0 heterocycles. The standard InChI is InChI=1S/C32H37FN2O12/c1-29-10-9-20(36)13-19(29)7-8-22-23-14-24(37)32(42,30(23,2)15-25(38)31(22,29)33)26(39)17-46-28(41)34-11-12-45-27(40)21-6-4-3-5-18(21)16-47-35(43)44/h3-6,9-10,13,22-25,37-38,42H,7-8,11-12,14-17H2,1-2H3,(H,34,41)/t22-,23-,24+,25-,29-,30-,31-,32-/m0/s1. The number of hydrogen-bond donors (Lipinski definition) is 4. The first kappa shape index (κ1) is 34.1. The molecule has 14 nitrogen and oxygen atoms in total. The van der Waals surface area contributed by atoms with Gasteiger partial charge in [-0.05, 0) is 62.3 Å². The minimum Gasteiger partial charge on any atom is -0.460 e. The van der Waals surface area contributed by atoms with Gasteiger partial charge in [0, 0.05) is 16.7 Å². The zero-order chi connectivity index (χ0) is 34.4. The van der Waals surface area contributed by atoms with Gasteiger partial charge in [0.25, 0.3) is 5.09 Å². The number of alkyl halides is 1. The number of nitrogens with zero attached hydrogens (tertiary/aromatic N) is 1. The summed E-state index contributed by atoms with van der Waals surface area (Å²) in [6.07, 6.45) is -0.108. The number of aliphatic hydroxyl groups excluding tert-OH is 2. The Kier molecular flexibility index (Phi) is 9.03. The molecule has 1 aromatic carbocycles. The Morgan fingerprint density at radius 1 is 1.13 bits per heavy atom. The van der Waals surface area contributed by atoms with Crippen molar-refractivity contribution in [1.82, 2.24) is 5.32 Å². The average molecular weight is 661 g/mol. The third kappa shape index (κ3) is 5.49. The number of nitrogens with one attached hydrogen (secondary N) is 1. The number of allylic oxidation sites excluding steroid dienone is 4. The Bertz CT molecular complexity index is 1550. The number of benzene rings is 1. The van der Waals surface area contributed by atoms with Crippen LogP contribution in [-0.4, -0.2) is 87.3 Å². The second kappa shape index (κ2) is 12.4. The molecule has 15 heteroatoms. The summed E-state index contributed by atoms with van der Waals surface area (Å²) in [6.45, 7) is 1.19. The maximum absolute atomic E-state index is 17.2. The number of amides is 1. The number of aliphatic hydroxyl groups is 3. The topological polar surface area (TPSA) is 212 Å². The molecule has 47 heavy (non-hydrogen) atoms. The second-order valence-electron chi connectivity index (χ2n) is 13.0. The molecule has 3 fully saturated rings. The van der Waals surface area contributed by atoms with Gasteiger partial charge >= 0.3 is 12.1 Å². The highest BCUT2D eigenvalue weighted by molar-refractivity contribution is 6.01. The second-order valence-corrected chi connectivity index (χ2v) is 13.0. The summed E-state index contributed by atoms with van der Waals surface area (Å²) in [5.41, 5.74) is -6.63. The summed E-state index contributed by atoms with van der Waals surface area (Å²) in [4.78, 5) is 65.0. The molecule has 0 saturated heterocycles. The molecule has 0 radical (unpaired) electrons. The molecule has 5 rings (SSSR count). The van der Waals surface area contributed by atoms with Crippen molar-refractivity contribution in [2.45, 2.75) is 69.6 Å². The largest absolute Gasteiger partial charge is 0.460 e. The lowest BCUT2D eigenvalue weighted by atomic mass is 9.44. The van der Waals surface area contributed by atoms with E-state index in [1.807, 2.05) is 0 Å². The molecular weight excluding hydrogens is 623 g/mol. The number of carbonyl (C=O) groups is 4. The van der Waals surface area contributed by atoms with Gasteiger partial charge in [-0.2, -0.15) is 0 Å². The normalized spacial score (nSPS) is 35.4. The van der Waals surface area contributed by atoms with Crippen LogP contribution in [0.4, 0.5) is 9.18 Å². The fourth-order valence-electron chi connectivity index (χ4n) is 8.36. The van der Waals surface area contributed by atoms with Crippen molar-refractivity contribution in [3.63, 3.8) is 0 Å². The number of fused-ring (bicyclic) bond motifs is 5. The van der Waals surface area contributed by atoms with Gasteiger partial charge in [-0.3, -0.25) is 9.59 Å². The van der Waals surface area contributed by atoms with Crippen LogP contribution in [0, 0.1) is 32.8 Å². The van der Waals surface area contributed by atoms with Crippen molar-refractivity contribution >= 4 is 23.6 Å². The number of alkyl carbamates (subject to hydrolysis) is 1. The molecule has 3 saturated carbocycles. The maximum Gasteiger partial charge on any atom is 0.407 e. The van der Waals surface area contributed by atoms with Crippen molar-refractivity contribution in [3.05, 3.63) is 69.3 Å². The van der Waals surface area contributed by atoms with E-state index in [4.69, 9.17) is 9.47 Å². The summed E-state index contributed by atoms with van der Waals surface area (Å²) >= 11 is 0. The van der Waals surface area contributed by atoms with Crippen LogP contribution < -0.4 is 5.32 Å². The summed E-state index contributed by atoms with van der Waals surface area (Å²) in [6, 6.07) is 5.92. The molecule has 0 bridgehead atoms. The van der Waals surface area contributed by atoms with Gasteiger partial charge < -0.3 is 34.9 Å². The SMILES string of the molecule is C[C@]12C=CC(=O)C=C1CC[C@H]1[C@@H]3C[C@@H](O)[C@](O)(C(=O)COC(=O)NCCOC(=O)c4ccccc4CO[N+](=O)[O-])[C@@]3(C)C[C@H](O)[C@@]12F. The number of rotatable bonds is 10. The van der Waals surface area contributed by atoms with E-state index in [1.165, 1.54) is 43.4 Å². The van der Waals surface area contributed by atoms with Gasteiger partial charge in [-0.15, -0.1) is 10.1 Å². The van der Waals surface area contributed by atoms with Gasteiger partial charge in [0.2, 0.25) is 5.78 Å². The Labute approximate surface area is 268 Å². The number of ketones is 2. The number of esters is 1. The summed E-state index contributed by atoms with van der Waals surface area (Å²) < 4.78 is 27.3. The highest BCUT2D eigenvalue weighted by Crippen LogP contribution is 2.69. The zero-order valence-corrected chi connectivity index (χ0v) is 25.8. The van der Waals surface area contributed by atoms with Crippen LogP contribution in [-0.2, 0) is 30.5 Å². The van der Waals surface area contributed by atoms with E-state index in [9.17, 15) is 44.6 Å². The van der Waals surface area contributed by atoms with E-state index in [1.54, 1.807) is 13.0 Å². The van der Waals surface area contributed by atoms with E-state index in [0.29, 0.717) is 12.0 Å². The summed E-state index contributed by atoms with van der Waals surface area (Å²) in [5, 5.41) is 46.0. The van der Waals surface area contributed by atoms with Crippen LogP contribution in [0.5, 0.6) is 0 Å². The number of hydrogen-bond acceptors (Lipinski definition) is 12. The van der Waals surface area contributed by atoms with Gasteiger partial charge in [0.15, 0.2) is 23.7 Å². The van der Waals surface area contributed by atoms with Crippen LogP contribution >= 0.6 is 0 Å². The van der Waals surface area contributed by atoms with Crippen molar-refractivity contribution in [3.8, 4) is 0 Å². The minimum atomic E-state index is -2.46. The van der Waals surface area contributed by atoms with E-state index < -0.39 is 82.3 Å². The van der Waals surface area contributed by atoms with Crippen LogP contribution in [0.3, 0.4) is 0 Å². The van der Waals surface area contributed by atoms with Crippen molar-refractivity contribution in [2.75, 3.05) is 19.8 Å². The Morgan fingerprint density at radius 3 is 2.57 bits per heavy atom. The minimum absolute atomic E-state index is 0.0278. The highest BCUT2D eigenvalue weighted by atomic mass is 19.1. The van der Waals surface area contributed by atoms with Gasteiger partial charge in [-0.1, -0.05) is 36.8 Å². The van der Waals surface area contributed by atoms with Crippen LogP contribution in [0.2, 0.25) is 0 Å². The first-order chi connectivity index (χ1) is 22.1. The quantitative estimate of drug-likeness (QED) is 0.123. The van der Waals surface area contributed by atoms with Gasteiger partial charge in [-0.25, -0.2) is 14.0 Å². The van der Waals surface area contributed by atoms with Crippen molar-refractivity contribution in [1.29, 1.82) is 0 Å². The lowest BCUT2D eigenvalue weighted by Gasteiger charge is -2.62. The lowest BCUT2D eigenvalue weighted by molar-refractivity contribution is -0.763. The number of ether oxygens (including phenoxy) is 2. The van der Waals surface area contributed by atoms with E-state index >= 15 is 4.39 Å². The molecule has 0 aliphatic heterocycles. The maximum atomic E-state index is 17.2. The molecular formula is C32H37FN2O12. The van der Waals surface area contributed by atoms with Crippen LogP contribution in [0.15, 0.2) is 48.1 Å².